The number of hydrogen-bond donors (Lipinski definition) is 2. The summed E-state index contributed by atoms with van der Waals surface area (Å²) in [6.45, 7) is 10.4. The quantitative estimate of drug-likeness (QED) is 0.873. The third-order valence-corrected chi connectivity index (χ3v) is 4.53. The summed E-state index contributed by atoms with van der Waals surface area (Å²) in [7, 11) is 0. The lowest BCUT2D eigenvalue weighted by Crippen LogP contribution is -2.48. The van der Waals surface area contributed by atoms with Gasteiger partial charge in [-0.15, -0.1) is 0 Å². The third-order valence-electron chi connectivity index (χ3n) is 3.73. The van der Waals surface area contributed by atoms with Crippen molar-refractivity contribution in [3.05, 3.63) is 27.7 Å². The van der Waals surface area contributed by atoms with Crippen LogP contribution in [0.3, 0.4) is 0 Å². The molecule has 2 rings (SSSR count). The Balaban J connectivity index is 2.44. The molecule has 1 aromatic rings. The van der Waals surface area contributed by atoms with Gasteiger partial charge in [-0.05, 0) is 11.5 Å². The van der Waals surface area contributed by atoms with Crippen molar-refractivity contribution in [2.45, 2.75) is 26.8 Å². The van der Waals surface area contributed by atoms with Crippen molar-refractivity contribution in [1.29, 1.82) is 0 Å². The van der Waals surface area contributed by atoms with Crippen LogP contribution in [-0.2, 0) is 0 Å². The first kappa shape index (κ1) is 15.9. The van der Waals surface area contributed by atoms with Gasteiger partial charge in [-0.1, -0.05) is 50.0 Å². The number of nitrogens with zero attached hydrogens (tertiary/aromatic N) is 1. The zero-order chi connectivity index (χ0) is 14.9. The molecule has 0 aromatic heterocycles. The van der Waals surface area contributed by atoms with E-state index in [9.17, 15) is 5.11 Å². The Morgan fingerprint density at radius 3 is 2.35 bits per heavy atom. The van der Waals surface area contributed by atoms with E-state index in [4.69, 9.17) is 23.2 Å². The minimum atomic E-state index is -0.00796. The smallest absolute Gasteiger partial charge is 0.140 e. The van der Waals surface area contributed by atoms with Crippen molar-refractivity contribution in [2.75, 3.05) is 26.2 Å². The van der Waals surface area contributed by atoms with Gasteiger partial charge in [0.1, 0.15) is 10.8 Å². The van der Waals surface area contributed by atoms with E-state index in [2.05, 4.69) is 31.0 Å². The topological polar surface area (TPSA) is 35.5 Å². The number of phenols is 1. The number of rotatable bonds is 2. The molecule has 0 unspecified atom stereocenters. The molecule has 2 N–H and O–H groups in total. The van der Waals surface area contributed by atoms with Crippen molar-refractivity contribution in [1.82, 2.24) is 10.2 Å². The predicted octanol–water partition coefficient (Wildman–Crippen LogP) is 3.69. The summed E-state index contributed by atoms with van der Waals surface area (Å²) in [5.41, 5.74) is 0.847. The maximum Gasteiger partial charge on any atom is 0.140 e. The first-order valence-electron chi connectivity index (χ1n) is 6.94. The van der Waals surface area contributed by atoms with Gasteiger partial charge in [0, 0.05) is 37.8 Å². The van der Waals surface area contributed by atoms with E-state index in [1.54, 1.807) is 6.07 Å². The Bertz CT molecular complexity index is 479. The summed E-state index contributed by atoms with van der Waals surface area (Å²) in [5.74, 6) is 0.109. The predicted molar refractivity (Wildman–Crippen MR) is 84.8 cm³/mol. The molecule has 1 aliphatic rings. The molecule has 1 aromatic carbocycles. The van der Waals surface area contributed by atoms with Crippen molar-refractivity contribution in [3.63, 3.8) is 0 Å². The molecule has 5 heteroatoms. The van der Waals surface area contributed by atoms with Crippen LogP contribution < -0.4 is 5.32 Å². The van der Waals surface area contributed by atoms with Gasteiger partial charge in [0.15, 0.2) is 0 Å². The van der Waals surface area contributed by atoms with Crippen LogP contribution in [-0.4, -0.2) is 36.2 Å². The first-order valence-corrected chi connectivity index (χ1v) is 7.69. The molecule has 0 spiro atoms. The Labute approximate surface area is 130 Å². The number of nitrogens with one attached hydrogen (secondary N) is 1. The summed E-state index contributed by atoms with van der Waals surface area (Å²) in [4.78, 5) is 2.40. The molecular formula is C15H22Cl2N2O. The van der Waals surface area contributed by atoms with Crippen LogP contribution in [0.25, 0.3) is 0 Å². The highest BCUT2D eigenvalue weighted by atomic mass is 35.5. The zero-order valence-corrected chi connectivity index (χ0v) is 13.7. The van der Waals surface area contributed by atoms with Gasteiger partial charge in [0.25, 0.3) is 0 Å². The molecule has 3 nitrogen and oxygen atoms in total. The van der Waals surface area contributed by atoms with Crippen molar-refractivity contribution < 1.29 is 5.11 Å². The number of benzene rings is 1. The molecule has 112 valence electrons. The number of halogens is 2. The number of aromatic hydroxyl groups is 1. The first-order chi connectivity index (χ1) is 9.32. The minimum Gasteiger partial charge on any atom is -0.506 e. The van der Waals surface area contributed by atoms with Crippen molar-refractivity contribution in [2.24, 2.45) is 5.41 Å². The van der Waals surface area contributed by atoms with E-state index in [0.29, 0.717) is 5.02 Å². The second kappa shape index (κ2) is 6.10. The molecule has 0 amide bonds. The highest BCUT2D eigenvalue weighted by Crippen LogP contribution is 2.45. The summed E-state index contributed by atoms with van der Waals surface area (Å²) in [6.07, 6.45) is 0. The molecule has 20 heavy (non-hydrogen) atoms. The van der Waals surface area contributed by atoms with Gasteiger partial charge in [-0.3, -0.25) is 4.90 Å². The van der Waals surface area contributed by atoms with E-state index < -0.39 is 0 Å². The van der Waals surface area contributed by atoms with Crippen LogP contribution in [0.1, 0.15) is 32.4 Å². The summed E-state index contributed by atoms with van der Waals surface area (Å²) < 4.78 is 0. The van der Waals surface area contributed by atoms with Crippen molar-refractivity contribution >= 4 is 23.2 Å². The highest BCUT2D eigenvalue weighted by molar-refractivity contribution is 6.43. The normalized spacial score (nSPS) is 19.1. The maximum absolute atomic E-state index is 10.4. The highest BCUT2D eigenvalue weighted by Gasteiger charge is 2.34. The van der Waals surface area contributed by atoms with E-state index in [1.807, 2.05) is 6.07 Å². The number of phenolic OH excluding ortho intramolecular Hbond substituents is 1. The Hall–Kier alpha value is -0.480. The molecule has 1 heterocycles. The summed E-state index contributed by atoms with van der Waals surface area (Å²) >= 11 is 12.1. The zero-order valence-electron chi connectivity index (χ0n) is 12.2. The second-order valence-electron chi connectivity index (χ2n) is 6.35. The van der Waals surface area contributed by atoms with E-state index >= 15 is 0 Å². The maximum atomic E-state index is 10.4. The fourth-order valence-corrected chi connectivity index (χ4v) is 3.25. The number of hydrogen-bond acceptors (Lipinski definition) is 3. The summed E-state index contributed by atoms with van der Waals surface area (Å²) in [5, 5.41) is 14.4. The lowest BCUT2D eigenvalue weighted by molar-refractivity contribution is 0.0843. The standard InChI is InChI=1S/C15H22Cl2N2O/c1-15(2,3)14(19-8-6-18-7-9-19)10-4-5-11(16)12(17)13(10)20/h4-5,14,18,20H,6-9H2,1-3H3/t14-/m1/s1. The number of piperazine rings is 1. The van der Waals surface area contributed by atoms with Gasteiger partial charge in [0.2, 0.25) is 0 Å². The Kier molecular flexibility index (Phi) is 4.85. The largest absolute Gasteiger partial charge is 0.506 e. The molecular weight excluding hydrogens is 295 g/mol. The molecule has 1 fully saturated rings. The van der Waals surface area contributed by atoms with Crippen LogP contribution in [0.15, 0.2) is 12.1 Å². The van der Waals surface area contributed by atoms with Crippen LogP contribution in [0.2, 0.25) is 10.0 Å². The van der Waals surface area contributed by atoms with Crippen molar-refractivity contribution in [3.8, 4) is 5.75 Å². The molecule has 1 saturated heterocycles. The molecule has 0 saturated carbocycles. The Morgan fingerprint density at radius 1 is 1.20 bits per heavy atom. The average molecular weight is 317 g/mol. The average Bonchev–Trinajstić information content (AvgIpc) is 2.39. The molecule has 0 radical (unpaired) electrons. The van der Waals surface area contributed by atoms with Gasteiger partial charge in [0.05, 0.1) is 5.02 Å². The van der Waals surface area contributed by atoms with E-state index in [0.717, 1.165) is 31.7 Å². The second-order valence-corrected chi connectivity index (χ2v) is 7.14. The minimum absolute atomic E-state index is 0.00796. The molecule has 1 aliphatic heterocycles. The van der Waals surface area contributed by atoms with E-state index in [1.165, 1.54) is 0 Å². The lowest BCUT2D eigenvalue weighted by atomic mass is 9.80. The molecule has 1 atom stereocenters. The van der Waals surface area contributed by atoms with Gasteiger partial charge >= 0.3 is 0 Å². The van der Waals surface area contributed by atoms with Gasteiger partial charge < -0.3 is 10.4 Å². The fraction of sp³-hybridized carbons (Fsp3) is 0.600. The van der Waals surface area contributed by atoms with Crippen LogP contribution in [0.5, 0.6) is 5.75 Å². The van der Waals surface area contributed by atoms with Crippen LogP contribution in [0.4, 0.5) is 0 Å². The van der Waals surface area contributed by atoms with Gasteiger partial charge in [-0.2, -0.15) is 0 Å². The monoisotopic (exact) mass is 316 g/mol. The van der Waals surface area contributed by atoms with Crippen LogP contribution >= 0.6 is 23.2 Å². The van der Waals surface area contributed by atoms with Gasteiger partial charge in [-0.25, -0.2) is 0 Å². The fourth-order valence-electron chi connectivity index (χ4n) is 2.93. The molecule has 0 bridgehead atoms. The summed E-state index contributed by atoms with van der Waals surface area (Å²) in [6, 6.07) is 3.76. The van der Waals surface area contributed by atoms with Crippen LogP contribution in [0, 0.1) is 5.41 Å². The van der Waals surface area contributed by atoms with E-state index in [-0.39, 0.29) is 22.2 Å². The third kappa shape index (κ3) is 3.22. The SMILES string of the molecule is CC(C)(C)[C@@H](c1ccc(Cl)c(Cl)c1O)N1CCNCC1. The lowest BCUT2D eigenvalue weighted by Gasteiger charge is -2.42. The Morgan fingerprint density at radius 2 is 1.80 bits per heavy atom. The molecule has 0 aliphatic carbocycles.